The molecule has 4 atom stereocenters. The Morgan fingerprint density at radius 3 is 0.824 bits per heavy atom. The van der Waals surface area contributed by atoms with Gasteiger partial charge in [0.15, 0.2) is 0 Å². The molecule has 44 heteroatoms. The van der Waals surface area contributed by atoms with Gasteiger partial charge in [0.1, 0.15) is 65.6 Å². The van der Waals surface area contributed by atoms with E-state index >= 15 is 0 Å². The molecule has 0 unspecified atom stereocenters. The first-order chi connectivity index (χ1) is 66.7. The molecule has 16 aromatic rings. The number of carbonyl (C=O) groups is 6. The van der Waals surface area contributed by atoms with Crippen LogP contribution in [0.2, 0.25) is 0 Å². The van der Waals surface area contributed by atoms with Crippen molar-refractivity contribution in [3.05, 3.63) is 216 Å². The van der Waals surface area contributed by atoms with E-state index in [-0.39, 0.29) is 72.9 Å². The van der Waals surface area contributed by atoms with Gasteiger partial charge in [0.05, 0.1) is 119 Å². The van der Waals surface area contributed by atoms with Crippen molar-refractivity contribution in [3.8, 4) is 87.8 Å². The summed E-state index contributed by atoms with van der Waals surface area (Å²) in [5.41, 5.74) is 12.7. The Labute approximate surface area is 795 Å². The predicted molar refractivity (Wildman–Crippen MR) is 512 cm³/mol. The van der Waals surface area contributed by atoms with Crippen LogP contribution >= 0.6 is 45.3 Å². The van der Waals surface area contributed by atoms with E-state index < -0.39 is 0 Å². The Morgan fingerprint density at radius 2 is 0.596 bits per heavy atom. The van der Waals surface area contributed by atoms with Gasteiger partial charge in [-0.2, -0.15) is 40.8 Å². The van der Waals surface area contributed by atoms with Gasteiger partial charge >= 0.3 is 0 Å². The highest BCUT2D eigenvalue weighted by atomic mass is 32.1. The number of rotatable bonds is 28. The Balaban J connectivity index is 0.000000135. The van der Waals surface area contributed by atoms with E-state index in [2.05, 4.69) is 102 Å². The number of thiazole rings is 4. The summed E-state index contributed by atoms with van der Waals surface area (Å²) < 4.78 is 31.0. The van der Waals surface area contributed by atoms with E-state index in [1.165, 1.54) is 45.3 Å². The average molecular weight is 1920 g/mol. The Hall–Kier alpha value is -14.5. The Bertz CT molecular complexity index is 6020. The lowest BCUT2D eigenvalue weighted by Gasteiger charge is -2.28. The second kappa shape index (κ2) is 47.9. The van der Waals surface area contributed by atoms with Crippen LogP contribution in [0.5, 0.6) is 0 Å². The summed E-state index contributed by atoms with van der Waals surface area (Å²) >= 11 is 5.60. The van der Waals surface area contributed by atoms with E-state index in [4.69, 9.17) is 59.1 Å². The van der Waals surface area contributed by atoms with Crippen LogP contribution in [0.1, 0.15) is 184 Å². The number of hydrogen-bond acceptors (Lipinski definition) is 30. The molecule has 40 nitrogen and oxygen atoms in total. The number of hydrogen-bond donors (Lipinski definition) is 10. The fourth-order valence-corrected chi connectivity index (χ4v) is 19.3. The summed E-state index contributed by atoms with van der Waals surface area (Å²) in [5.74, 6) is -1.13. The second-order valence-corrected chi connectivity index (χ2v) is 34.8. The summed E-state index contributed by atoms with van der Waals surface area (Å²) in [6.45, 7) is 10.5. The maximum absolute atomic E-state index is 13.0. The van der Waals surface area contributed by atoms with Gasteiger partial charge in [0, 0.05) is 145 Å². The van der Waals surface area contributed by atoms with E-state index in [1.807, 2.05) is 144 Å². The van der Waals surface area contributed by atoms with E-state index in [1.54, 1.807) is 95.9 Å². The molecule has 16 aromatic heterocycles. The zero-order valence-electron chi connectivity index (χ0n) is 74.5. The van der Waals surface area contributed by atoms with Gasteiger partial charge in [0.25, 0.3) is 36.6 Å². The number of aromatic amines is 4. The molecule has 4 amide bonds. The number of anilines is 4. The molecule has 16 heterocycles. The molecule has 0 radical (unpaired) electrons. The fourth-order valence-electron chi connectivity index (χ4n) is 16.2. The molecule has 4 saturated carbocycles. The van der Waals surface area contributed by atoms with Crippen molar-refractivity contribution in [1.29, 1.82) is 0 Å². The number of aromatic nitrogens is 24. The van der Waals surface area contributed by atoms with Crippen molar-refractivity contribution in [2.24, 2.45) is 0 Å². The van der Waals surface area contributed by atoms with E-state index in [0.29, 0.717) is 116 Å². The molecule has 0 aromatic carbocycles. The normalized spacial score (nSPS) is 17.6. The molecule has 0 bridgehead atoms. The minimum Gasteiger partial charge on any atom is -0.483 e. The minimum atomic E-state index is -0.286. The largest absolute Gasteiger partial charge is 0.483 e. The monoisotopic (exact) mass is 1920 g/mol. The lowest BCUT2D eigenvalue weighted by atomic mass is 9.93. The summed E-state index contributed by atoms with van der Waals surface area (Å²) in [4.78, 5) is 104. The molecular formula is C92H100N28O12S4. The van der Waals surface area contributed by atoms with Gasteiger partial charge in [-0.15, -0.1) is 45.3 Å². The van der Waals surface area contributed by atoms with Gasteiger partial charge in [0.2, 0.25) is 0 Å². The number of ether oxygens (including phenoxy) is 4. The third-order valence-electron chi connectivity index (χ3n) is 22.6. The van der Waals surface area contributed by atoms with Gasteiger partial charge in [-0.3, -0.25) is 87.8 Å². The van der Waals surface area contributed by atoms with E-state index in [9.17, 15) is 19.2 Å². The first kappa shape index (κ1) is 96.0. The van der Waals surface area contributed by atoms with Crippen molar-refractivity contribution in [1.82, 2.24) is 120 Å². The predicted octanol–water partition coefficient (Wildman–Crippen LogP) is 16.9. The number of pyridine rings is 4. The third-order valence-corrected chi connectivity index (χ3v) is 26.2. The number of H-pyrrole nitrogens is 4. The topological polar surface area (TPSA) is 517 Å². The van der Waals surface area contributed by atoms with Crippen LogP contribution in [0.15, 0.2) is 193 Å². The van der Waals surface area contributed by atoms with Crippen LogP contribution in [0, 0.1) is 0 Å². The lowest BCUT2D eigenvalue weighted by Crippen LogP contribution is -2.24. The first-order valence-electron chi connectivity index (χ1n) is 44.4. The van der Waals surface area contributed by atoms with Crippen LogP contribution in [-0.2, 0) is 28.5 Å². The highest BCUT2D eigenvalue weighted by molar-refractivity contribution is 7.14. The van der Waals surface area contributed by atoms with Gasteiger partial charge in [-0.25, -0.2) is 19.9 Å². The fraction of sp³-hybridized carbons (Fsp3) is 0.326. The lowest BCUT2D eigenvalue weighted by molar-refractivity contribution is -0.123. The summed E-state index contributed by atoms with van der Waals surface area (Å²) in [5, 5.41) is 81.8. The van der Waals surface area contributed by atoms with Crippen molar-refractivity contribution in [3.63, 3.8) is 0 Å². The summed E-state index contributed by atoms with van der Waals surface area (Å²) in [7, 11) is 0. The van der Waals surface area contributed by atoms with Crippen LogP contribution in [0.25, 0.3) is 87.8 Å². The zero-order chi connectivity index (χ0) is 94.5. The molecule has 4 fully saturated rings. The van der Waals surface area contributed by atoms with Crippen LogP contribution in [-0.4, -0.2) is 217 Å². The molecule has 0 aliphatic heterocycles. The average Bonchev–Trinajstić information content (AvgIpc) is 1.67. The van der Waals surface area contributed by atoms with E-state index in [0.717, 1.165) is 145 Å². The highest BCUT2D eigenvalue weighted by Gasteiger charge is 2.34. The van der Waals surface area contributed by atoms with Crippen LogP contribution in [0.4, 0.5) is 22.7 Å². The second-order valence-electron chi connectivity index (χ2n) is 31.3. The smallest absolute Gasteiger partial charge is 0.290 e. The summed E-state index contributed by atoms with van der Waals surface area (Å²) in [6.07, 6.45) is 43.2. The third kappa shape index (κ3) is 24.9. The standard InChI is InChI=1S/2C23H25N7O2S.2C22H23N7O2S.2CH2O2/c2*1-2-32-17-8-6-16(7-9-17)30-13-19(21(29-30)18-5-3-4-10-24-18)27-22(31)20-14-33-23(28-20)15-11-25-26-12-15;2*1-2-31-16-7-6-15(9-16)29-12-18(20(28-29)17-5-3-4-8-23-17)26-21(30)19-13-32-22(27-19)14-10-24-25-11-14;2*2-1-3/h2*3-5,10-14,16-17H,2,6-9H2,1H3,(H,25,26)(H,27,31);2*3-5,8,10-13,15-16H,2,6-7,9H2,1H3,(H,24,25)(H,26,30);2*1H,(H,2,3)/t;;2*15-,16+;;/m..00../s1. The molecule has 10 N–H and O–H groups in total. The number of carboxylic acid groups (broad SMARTS) is 2. The molecule has 136 heavy (non-hydrogen) atoms. The molecule has 4 aliphatic carbocycles. The number of amides is 4. The van der Waals surface area contributed by atoms with Crippen LogP contribution in [0.3, 0.4) is 0 Å². The maximum atomic E-state index is 13.0. The van der Waals surface area contributed by atoms with Crippen molar-refractivity contribution in [2.75, 3.05) is 47.7 Å². The molecule has 4 aliphatic rings. The first-order valence-corrected chi connectivity index (χ1v) is 47.9. The molecule has 0 spiro atoms. The van der Waals surface area contributed by atoms with Crippen molar-refractivity contribution < 1.29 is 57.9 Å². The van der Waals surface area contributed by atoms with Crippen molar-refractivity contribution >= 4 is 105 Å². The SMILES string of the molecule is CCOC1CCC(n2cc(NC(=O)c3csc(-c4cn[nH]c4)n3)c(-c3ccccn3)n2)CC1.CCOC1CCC(n2cc(NC(=O)c3csc(-c4cn[nH]c4)n3)c(-c3ccccn3)n2)CC1.CCO[C@@H]1CC[C@H](n2cc(NC(=O)c3csc(-c4cn[nH]c4)n3)c(-c3ccccn3)n2)C1.CCO[C@@H]1CC[C@H](n2cc(NC(=O)c3csc(-c4cn[nH]c4)n3)c(-c3ccccn3)n2)C1.O=CO.O=CO. The number of nitrogens with zero attached hydrogens (tertiary/aromatic N) is 20. The summed E-state index contributed by atoms with van der Waals surface area (Å²) in [6, 6.07) is 23.6. The van der Waals surface area contributed by atoms with Gasteiger partial charge in [-0.1, -0.05) is 24.3 Å². The Morgan fingerprint density at radius 1 is 0.360 bits per heavy atom. The Kier molecular flexibility index (Phi) is 33.8. The quantitative estimate of drug-likeness (QED) is 0.0204. The maximum Gasteiger partial charge on any atom is 0.290 e. The molecular weight excluding hydrogens is 1820 g/mol. The van der Waals surface area contributed by atoms with Crippen molar-refractivity contribution in [2.45, 2.75) is 166 Å². The molecule has 704 valence electrons. The molecule has 20 rings (SSSR count). The molecule has 0 saturated heterocycles. The van der Waals surface area contributed by atoms with Gasteiger partial charge < -0.3 is 50.4 Å². The zero-order valence-corrected chi connectivity index (χ0v) is 77.8. The minimum absolute atomic E-state index is 0.228. The number of carbonyl (C=O) groups excluding carboxylic acids is 4. The highest BCUT2D eigenvalue weighted by Crippen LogP contribution is 2.41. The number of nitrogens with one attached hydrogen (secondary N) is 8. The van der Waals surface area contributed by atoms with Crippen LogP contribution < -0.4 is 21.3 Å². The van der Waals surface area contributed by atoms with Gasteiger partial charge in [-0.05, 0) is 166 Å².